The van der Waals surface area contributed by atoms with E-state index >= 15 is 0 Å². The minimum atomic E-state index is -0.414. The summed E-state index contributed by atoms with van der Waals surface area (Å²) in [6, 6.07) is 14.8. The Labute approximate surface area is 173 Å². The largest absolute Gasteiger partial charge is 0.436 e. The summed E-state index contributed by atoms with van der Waals surface area (Å²) in [5.41, 5.74) is 2.16. The van der Waals surface area contributed by atoms with Crippen LogP contribution in [0.3, 0.4) is 0 Å². The van der Waals surface area contributed by atoms with Gasteiger partial charge in [0.2, 0.25) is 11.6 Å². The third-order valence-corrected chi connectivity index (χ3v) is 4.76. The highest BCUT2D eigenvalue weighted by atomic mass is 16.5. The Morgan fingerprint density at radius 2 is 1.90 bits per heavy atom. The number of carbonyl (C=O) groups excluding carboxylic acids is 1. The lowest BCUT2D eigenvalue weighted by atomic mass is 10.2. The van der Waals surface area contributed by atoms with E-state index in [0.29, 0.717) is 23.3 Å². The van der Waals surface area contributed by atoms with Crippen LogP contribution in [0.25, 0.3) is 16.7 Å². The molecule has 0 spiro atoms. The first-order valence-corrected chi connectivity index (χ1v) is 9.96. The highest BCUT2D eigenvalue weighted by Crippen LogP contribution is 2.26. The second-order valence-corrected chi connectivity index (χ2v) is 7.12. The van der Waals surface area contributed by atoms with Gasteiger partial charge >= 0.3 is 5.69 Å². The molecule has 154 valence electrons. The molecule has 0 aliphatic heterocycles. The van der Waals surface area contributed by atoms with Crippen LogP contribution >= 0.6 is 0 Å². The molecule has 0 saturated heterocycles. The number of ether oxygens (including phenoxy) is 1. The summed E-state index contributed by atoms with van der Waals surface area (Å²) in [5.74, 6) is 0.539. The second kappa shape index (κ2) is 8.36. The number of aryl methyl sites for hydroxylation is 1. The minimum Gasteiger partial charge on any atom is -0.436 e. The van der Waals surface area contributed by atoms with Crippen molar-refractivity contribution in [2.24, 2.45) is 0 Å². The Hall–Kier alpha value is -3.68. The molecule has 4 aromatic rings. The van der Waals surface area contributed by atoms with Gasteiger partial charge in [0, 0.05) is 6.54 Å². The number of hydrogen-bond acceptors (Lipinski definition) is 5. The van der Waals surface area contributed by atoms with Crippen molar-refractivity contribution < 1.29 is 9.53 Å². The number of hydrogen-bond donors (Lipinski definition) is 1. The van der Waals surface area contributed by atoms with Crippen LogP contribution in [-0.2, 0) is 11.3 Å². The summed E-state index contributed by atoms with van der Waals surface area (Å²) in [5, 5.41) is 7.17. The first kappa shape index (κ1) is 19.6. The molecule has 2 aromatic heterocycles. The Morgan fingerprint density at radius 1 is 1.13 bits per heavy atom. The normalized spacial score (nSPS) is 11.1. The van der Waals surface area contributed by atoms with Crippen LogP contribution < -0.4 is 15.7 Å². The van der Waals surface area contributed by atoms with Crippen LogP contribution in [0.15, 0.2) is 53.3 Å². The Balaban J connectivity index is 1.78. The molecule has 1 N–H and O–H groups in total. The molecular formula is C22H23N5O3. The molecule has 1 amide bonds. The van der Waals surface area contributed by atoms with E-state index in [0.717, 1.165) is 23.1 Å². The highest BCUT2D eigenvalue weighted by molar-refractivity contribution is 5.80. The number of benzene rings is 2. The maximum Gasteiger partial charge on any atom is 0.351 e. The fraction of sp³-hybridized carbons (Fsp3) is 0.273. The molecule has 0 bridgehead atoms. The Bertz CT molecular complexity index is 1260. The SMILES string of the molecule is CCCCNC(=O)Cn1nc2c(Oc3ccc(C)cc3)nc3ccccc3n2c1=O. The predicted molar refractivity (Wildman–Crippen MR) is 114 cm³/mol. The summed E-state index contributed by atoms with van der Waals surface area (Å²) < 4.78 is 8.54. The zero-order chi connectivity index (χ0) is 21.1. The summed E-state index contributed by atoms with van der Waals surface area (Å²) in [7, 11) is 0. The summed E-state index contributed by atoms with van der Waals surface area (Å²) in [6.45, 7) is 4.45. The molecule has 8 heteroatoms. The van der Waals surface area contributed by atoms with E-state index in [2.05, 4.69) is 15.4 Å². The summed E-state index contributed by atoms with van der Waals surface area (Å²) in [4.78, 5) is 29.8. The molecule has 30 heavy (non-hydrogen) atoms. The van der Waals surface area contributed by atoms with Gasteiger partial charge in [-0.25, -0.2) is 18.9 Å². The van der Waals surface area contributed by atoms with E-state index in [-0.39, 0.29) is 24.0 Å². The van der Waals surface area contributed by atoms with E-state index in [1.807, 2.05) is 50.2 Å². The molecule has 0 aliphatic rings. The molecular weight excluding hydrogens is 382 g/mol. The van der Waals surface area contributed by atoms with Gasteiger partial charge in [0.15, 0.2) is 0 Å². The van der Waals surface area contributed by atoms with Crippen molar-refractivity contribution in [2.75, 3.05) is 6.54 Å². The summed E-state index contributed by atoms with van der Waals surface area (Å²) in [6.07, 6.45) is 1.86. The predicted octanol–water partition coefficient (Wildman–Crippen LogP) is 3.06. The van der Waals surface area contributed by atoms with Crippen molar-refractivity contribution in [3.63, 3.8) is 0 Å². The summed E-state index contributed by atoms with van der Waals surface area (Å²) >= 11 is 0. The third-order valence-electron chi connectivity index (χ3n) is 4.76. The average molecular weight is 405 g/mol. The second-order valence-electron chi connectivity index (χ2n) is 7.12. The van der Waals surface area contributed by atoms with Crippen LogP contribution in [0, 0.1) is 6.92 Å². The van der Waals surface area contributed by atoms with Crippen molar-refractivity contribution in [3.8, 4) is 11.6 Å². The number of aromatic nitrogens is 4. The van der Waals surface area contributed by atoms with Crippen LogP contribution in [0.1, 0.15) is 25.3 Å². The Kier molecular flexibility index (Phi) is 5.47. The van der Waals surface area contributed by atoms with E-state index in [9.17, 15) is 9.59 Å². The number of nitrogens with one attached hydrogen (secondary N) is 1. The van der Waals surface area contributed by atoms with Crippen LogP contribution in [0.4, 0.5) is 0 Å². The number of amides is 1. The van der Waals surface area contributed by atoms with E-state index < -0.39 is 5.69 Å². The topological polar surface area (TPSA) is 90.5 Å². The number of para-hydroxylation sites is 2. The van der Waals surface area contributed by atoms with E-state index in [1.54, 1.807) is 12.1 Å². The van der Waals surface area contributed by atoms with E-state index in [1.165, 1.54) is 4.40 Å². The molecule has 2 heterocycles. The fourth-order valence-corrected chi connectivity index (χ4v) is 3.16. The molecule has 0 atom stereocenters. The van der Waals surface area contributed by atoms with Crippen molar-refractivity contribution in [1.29, 1.82) is 0 Å². The number of rotatable bonds is 7. The molecule has 0 aliphatic carbocycles. The van der Waals surface area contributed by atoms with Gasteiger partial charge in [-0.1, -0.05) is 43.2 Å². The first-order valence-electron chi connectivity index (χ1n) is 9.96. The fourth-order valence-electron chi connectivity index (χ4n) is 3.16. The zero-order valence-corrected chi connectivity index (χ0v) is 17.0. The Morgan fingerprint density at radius 3 is 2.67 bits per heavy atom. The molecule has 4 rings (SSSR count). The number of unbranched alkanes of at least 4 members (excludes halogenated alkanes) is 1. The minimum absolute atomic E-state index is 0.164. The molecule has 0 fully saturated rings. The molecule has 0 unspecified atom stereocenters. The van der Waals surface area contributed by atoms with Gasteiger partial charge in [0.1, 0.15) is 12.3 Å². The number of carbonyl (C=O) groups is 1. The monoisotopic (exact) mass is 405 g/mol. The van der Waals surface area contributed by atoms with Gasteiger partial charge in [0.25, 0.3) is 5.88 Å². The smallest absolute Gasteiger partial charge is 0.351 e. The van der Waals surface area contributed by atoms with Crippen molar-refractivity contribution in [3.05, 3.63) is 64.6 Å². The van der Waals surface area contributed by atoms with Crippen molar-refractivity contribution >= 4 is 22.6 Å². The lowest BCUT2D eigenvalue weighted by Gasteiger charge is -2.07. The van der Waals surface area contributed by atoms with Crippen LogP contribution in [-0.4, -0.2) is 31.6 Å². The van der Waals surface area contributed by atoms with Gasteiger partial charge in [-0.05, 0) is 37.6 Å². The number of fused-ring (bicyclic) bond motifs is 3. The molecule has 2 aromatic carbocycles. The standard InChI is InChI=1S/C22H23N5O3/c1-3-4-13-23-19(28)14-26-22(29)27-18-8-6-5-7-17(18)24-21(20(27)25-26)30-16-11-9-15(2)10-12-16/h5-12H,3-4,13-14H2,1-2H3,(H,23,28). The van der Waals surface area contributed by atoms with Gasteiger partial charge in [0.05, 0.1) is 11.0 Å². The van der Waals surface area contributed by atoms with Crippen molar-refractivity contribution in [2.45, 2.75) is 33.2 Å². The quantitative estimate of drug-likeness (QED) is 0.477. The zero-order valence-electron chi connectivity index (χ0n) is 17.0. The maximum absolute atomic E-state index is 13.1. The maximum atomic E-state index is 13.1. The van der Waals surface area contributed by atoms with Gasteiger partial charge in [-0.15, -0.1) is 5.10 Å². The van der Waals surface area contributed by atoms with E-state index in [4.69, 9.17) is 4.74 Å². The van der Waals surface area contributed by atoms with Crippen LogP contribution in [0.2, 0.25) is 0 Å². The first-order chi connectivity index (χ1) is 14.6. The molecule has 8 nitrogen and oxygen atoms in total. The molecule has 0 saturated carbocycles. The lowest BCUT2D eigenvalue weighted by Crippen LogP contribution is -2.33. The van der Waals surface area contributed by atoms with Crippen molar-refractivity contribution in [1.82, 2.24) is 24.5 Å². The van der Waals surface area contributed by atoms with Gasteiger partial charge in [-0.3, -0.25) is 4.79 Å². The average Bonchev–Trinajstić information content (AvgIpc) is 3.07. The van der Waals surface area contributed by atoms with Crippen LogP contribution in [0.5, 0.6) is 11.6 Å². The lowest BCUT2D eigenvalue weighted by molar-refractivity contribution is -0.121. The van der Waals surface area contributed by atoms with Gasteiger partial charge in [-0.2, -0.15) is 0 Å². The highest BCUT2D eigenvalue weighted by Gasteiger charge is 2.19. The van der Waals surface area contributed by atoms with Gasteiger partial charge < -0.3 is 10.1 Å². The third kappa shape index (κ3) is 3.89. The molecule has 0 radical (unpaired) electrons. The number of nitrogens with zero attached hydrogens (tertiary/aromatic N) is 4.